The van der Waals surface area contributed by atoms with Gasteiger partial charge in [-0.15, -0.1) is 11.3 Å². The lowest BCUT2D eigenvalue weighted by atomic mass is 10.2. The zero-order valence-electron chi connectivity index (χ0n) is 5.56. The highest BCUT2D eigenvalue weighted by Crippen LogP contribution is 2.25. The number of hydrogen-bond donors (Lipinski definition) is 1. The Morgan fingerprint density at radius 1 is 1.64 bits per heavy atom. The second-order valence-corrected chi connectivity index (χ2v) is 4.60. The molecule has 1 aliphatic heterocycles. The lowest BCUT2D eigenvalue weighted by molar-refractivity contribution is 0.0942. The highest BCUT2D eigenvalue weighted by atomic mass is 79.9. The lowest BCUT2D eigenvalue weighted by Crippen LogP contribution is -2.31. The largest absolute Gasteiger partial charge is 0.350 e. The molecule has 0 aromatic carbocycles. The van der Waals surface area contributed by atoms with E-state index in [9.17, 15) is 4.79 Å². The van der Waals surface area contributed by atoms with E-state index in [2.05, 4.69) is 26.2 Å². The minimum Gasteiger partial charge on any atom is -0.350 e. The molecular formula is C6H5BrN2OS. The van der Waals surface area contributed by atoms with Gasteiger partial charge in [-0.05, 0) is 15.9 Å². The molecule has 0 atom stereocenters. The van der Waals surface area contributed by atoms with Crippen LogP contribution in [0.1, 0.15) is 15.4 Å². The van der Waals surface area contributed by atoms with Crippen molar-refractivity contribution in [3.05, 3.63) is 14.5 Å². The molecule has 0 radical (unpaired) electrons. The molecule has 58 valence electrons. The summed E-state index contributed by atoms with van der Waals surface area (Å²) in [7, 11) is 0. The summed E-state index contributed by atoms with van der Waals surface area (Å²) < 4.78 is 0.791. The normalized spacial score (nSPS) is 15.9. The molecule has 1 N–H and O–H groups in total. The van der Waals surface area contributed by atoms with Gasteiger partial charge in [0, 0.05) is 17.8 Å². The van der Waals surface area contributed by atoms with Crippen LogP contribution in [0, 0.1) is 0 Å². The lowest BCUT2D eigenvalue weighted by Gasteiger charge is -2.09. The van der Waals surface area contributed by atoms with Gasteiger partial charge in [0.2, 0.25) is 0 Å². The second kappa shape index (κ2) is 2.57. The summed E-state index contributed by atoms with van der Waals surface area (Å²) in [6.45, 7) is 0.737. The molecule has 11 heavy (non-hydrogen) atoms. The Morgan fingerprint density at radius 3 is 3.18 bits per heavy atom. The van der Waals surface area contributed by atoms with Crippen LogP contribution in [0.5, 0.6) is 0 Å². The van der Waals surface area contributed by atoms with Gasteiger partial charge in [-0.2, -0.15) is 0 Å². The van der Waals surface area contributed by atoms with Crippen molar-refractivity contribution in [1.82, 2.24) is 10.3 Å². The van der Waals surface area contributed by atoms with Crippen LogP contribution in [0.15, 0.2) is 3.92 Å². The van der Waals surface area contributed by atoms with Crippen LogP contribution >= 0.6 is 27.3 Å². The Hall–Kier alpha value is -0.420. The van der Waals surface area contributed by atoms with E-state index in [0.717, 1.165) is 21.8 Å². The maximum atomic E-state index is 11.1. The molecule has 0 saturated carbocycles. The van der Waals surface area contributed by atoms with Crippen LogP contribution in [-0.2, 0) is 6.42 Å². The number of carbonyl (C=O) groups excluding carboxylic acids is 1. The standard InChI is InChI=1S/C6H5BrN2OS/c7-6-9-4-3(11-6)1-2-8-5(4)10/h1-2H2,(H,8,10). The van der Waals surface area contributed by atoms with Crippen molar-refractivity contribution < 1.29 is 4.79 Å². The molecule has 1 aromatic heterocycles. The van der Waals surface area contributed by atoms with Crippen LogP contribution in [0.4, 0.5) is 0 Å². The van der Waals surface area contributed by atoms with Crippen LogP contribution in [0.2, 0.25) is 0 Å². The van der Waals surface area contributed by atoms with Crippen molar-refractivity contribution in [3.8, 4) is 0 Å². The monoisotopic (exact) mass is 232 g/mol. The zero-order chi connectivity index (χ0) is 7.84. The predicted molar refractivity (Wildman–Crippen MR) is 45.9 cm³/mol. The molecule has 0 aliphatic carbocycles. The number of nitrogens with one attached hydrogen (secondary N) is 1. The highest BCUT2D eigenvalue weighted by molar-refractivity contribution is 9.11. The Kier molecular flexibility index (Phi) is 1.69. The molecule has 3 nitrogen and oxygen atoms in total. The summed E-state index contributed by atoms with van der Waals surface area (Å²) in [4.78, 5) is 16.3. The van der Waals surface area contributed by atoms with Gasteiger partial charge in [-0.3, -0.25) is 4.79 Å². The van der Waals surface area contributed by atoms with E-state index in [4.69, 9.17) is 0 Å². The first-order chi connectivity index (χ1) is 5.27. The number of amides is 1. The Labute approximate surface area is 76.0 Å². The van der Waals surface area contributed by atoms with Gasteiger partial charge < -0.3 is 5.32 Å². The molecule has 1 aromatic rings. The maximum Gasteiger partial charge on any atom is 0.271 e. The first kappa shape index (κ1) is 7.24. The van der Waals surface area contributed by atoms with Gasteiger partial charge in [-0.25, -0.2) is 4.98 Å². The van der Waals surface area contributed by atoms with Crippen molar-refractivity contribution in [3.63, 3.8) is 0 Å². The molecule has 2 heterocycles. The number of aromatic nitrogens is 1. The third-order valence-electron chi connectivity index (χ3n) is 1.52. The van der Waals surface area contributed by atoms with Crippen molar-refractivity contribution in [1.29, 1.82) is 0 Å². The van der Waals surface area contributed by atoms with Gasteiger partial charge in [0.25, 0.3) is 5.91 Å². The van der Waals surface area contributed by atoms with Crippen molar-refractivity contribution in [2.75, 3.05) is 6.54 Å². The minimum atomic E-state index is -0.0480. The summed E-state index contributed by atoms with van der Waals surface area (Å²) in [5.74, 6) is -0.0480. The quantitative estimate of drug-likeness (QED) is 0.731. The molecule has 0 fully saturated rings. The van der Waals surface area contributed by atoms with Gasteiger partial charge >= 0.3 is 0 Å². The third kappa shape index (κ3) is 1.18. The van der Waals surface area contributed by atoms with E-state index in [-0.39, 0.29) is 5.91 Å². The van der Waals surface area contributed by atoms with E-state index in [1.807, 2.05) is 0 Å². The average Bonchev–Trinajstić information content (AvgIpc) is 2.31. The second-order valence-electron chi connectivity index (χ2n) is 2.24. The van der Waals surface area contributed by atoms with Gasteiger partial charge in [0.15, 0.2) is 3.92 Å². The number of hydrogen-bond acceptors (Lipinski definition) is 3. The van der Waals surface area contributed by atoms with E-state index >= 15 is 0 Å². The molecule has 0 unspecified atom stereocenters. The highest BCUT2D eigenvalue weighted by Gasteiger charge is 2.20. The fraction of sp³-hybridized carbons (Fsp3) is 0.333. The number of halogens is 1. The van der Waals surface area contributed by atoms with Crippen molar-refractivity contribution >= 4 is 33.2 Å². The molecule has 1 aliphatic rings. The van der Waals surface area contributed by atoms with Crippen molar-refractivity contribution in [2.24, 2.45) is 0 Å². The Balaban J connectivity index is 2.52. The summed E-state index contributed by atoms with van der Waals surface area (Å²) >= 11 is 4.79. The number of nitrogens with zero attached hydrogens (tertiary/aromatic N) is 1. The topological polar surface area (TPSA) is 42.0 Å². The van der Waals surface area contributed by atoms with E-state index in [0.29, 0.717) is 5.69 Å². The fourth-order valence-corrected chi connectivity index (χ4v) is 2.59. The summed E-state index contributed by atoms with van der Waals surface area (Å²) in [6.07, 6.45) is 0.907. The molecule has 0 spiro atoms. The predicted octanol–water partition coefficient (Wildman–Crippen LogP) is 1.19. The van der Waals surface area contributed by atoms with Crippen LogP contribution < -0.4 is 5.32 Å². The Bertz CT molecular complexity index is 310. The number of rotatable bonds is 0. The number of fused-ring (bicyclic) bond motifs is 1. The molecule has 0 saturated heterocycles. The van der Waals surface area contributed by atoms with Crippen LogP contribution in [0.3, 0.4) is 0 Å². The maximum absolute atomic E-state index is 11.1. The third-order valence-corrected chi connectivity index (χ3v) is 3.09. The average molecular weight is 233 g/mol. The van der Waals surface area contributed by atoms with Gasteiger partial charge in [-0.1, -0.05) is 0 Å². The van der Waals surface area contributed by atoms with Gasteiger partial charge in [0.05, 0.1) is 0 Å². The smallest absolute Gasteiger partial charge is 0.271 e. The SMILES string of the molecule is O=C1NCCc2sc(Br)nc21. The number of thiazole rings is 1. The molecule has 0 bridgehead atoms. The number of carbonyl (C=O) groups is 1. The first-order valence-electron chi connectivity index (χ1n) is 3.21. The molecule has 5 heteroatoms. The van der Waals surface area contributed by atoms with Crippen LogP contribution in [-0.4, -0.2) is 17.4 Å². The summed E-state index contributed by atoms with van der Waals surface area (Å²) in [5.41, 5.74) is 0.591. The van der Waals surface area contributed by atoms with Crippen molar-refractivity contribution in [2.45, 2.75) is 6.42 Å². The summed E-state index contributed by atoms with van der Waals surface area (Å²) in [6, 6.07) is 0. The Morgan fingerprint density at radius 2 is 2.45 bits per heavy atom. The zero-order valence-corrected chi connectivity index (χ0v) is 7.96. The van der Waals surface area contributed by atoms with Gasteiger partial charge in [0.1, 0.15) is 5.69 Å². The molecular weight excluding hydrogens is 228 g/mol. The van der Waals surface area contributed by atoms with Crippen LogP contribution in [0.25, 0.3) is 0 Å². The van der Waals surface area contributed by atoms with E-state index in [1.165, 1.54) is 11.3 Å². The molecule has 1 amide bonds. The fourth-order valence-electron chi connectivity index (χ4n) is 1.04. The summed E-state index contributed by atoms with van der Waals surface area (Å²) in [5, 5.41) is 2.74. The van der Waals surface area contributed by atoms with E-state index in [1.54, 1.807) is 0 Å². The first-order valence-corrected chi connectivity index (χ1v) is 4.82. The van der Waals surface area contributed by atoms with E-state index < -0.39 is 0 Å². The minimum absolute atomic E-state index is 0.0480. The molecule has 2 rings (SSSR count).